The van der Waals surface area contributed by atoms with Gasteiger partial charge in [-0.3, -0.25) is 14.0 Å². The fraction of sp³-hybridized carbons (Fsp3) is 0.429. The number of carbonyl (C=O) groups excluding carboxylic acids is 1. The van der Waals surface area contributed by atoms with E-state index < -0.39 is 0 Å². The van der Waals surface area contributed by atoms with Crippen molar-refractivity contribution in [3.8, 4) is 0 Å². The lowest BCUT2D eigenvalue weighted by Gasteiger charge is -2.31. The van der Waals surface area contributed by atoms with Crippen LogP contribution in [0, 0.1) is 0 Å². The van der Waals surface area contributed by atoms with Crippen LogP contribution in [0.15, 0.2) is 53.6 Å². The maximum atomic E-state index is 12.8. The molecule has 1 fully saturated rings. The smallest absolute Gasteiger partial charge is 0.341 e. The molecule has 1 aromatic carbocycles. The molecule has 3 heterocycles. The molecule has 1 saturated heterocycles. The molecule has 0 spiro atoms. The van der Waals surface area contributed by atoms with Crippen LogP contribution < -0.4 is 5.69 Å². The second-order valence-corrected chi connectivity index (χ2v) is 7.39. The molecule has 4 rings (SSSR count). The molecule has 1 aliphatic heterocycles. The maximum Gasteiger partial charge on any atom is 0.346 e. The second-order valence-electron chi connectivity index (χ2n) is 7.39. The molecule has 29 heavy (non-hydrogen) atoms. The zero-order valence-electron chi connectivity index (χ0n) is 16.6. The largest absolute Gasteiger partial charge is 0.346 e. The molecular formula is C21H26N6O2. The fourth-order valence-corrected chi connectivity index (χ4v) is 3.94. The van der Waals surface area contributed by atoms with E-state index in [4.69, 9.17) is 0 Å². The van der Waals surface area contributed by atoms with Crippen molar-refractivity contribution in [2.24, 2.45) is 0 Å². The van der Waals surface area contributed by atoms with Crippen LogP contribution >= 0.6 is 0 Å². The van der Waals surface area contributed by atoms with Crippen LogP contribution in [0.5, 0.6) is 0 Å². The summed E-state index contributed by atoms with van der Waals surface area (Å²) in [5.74, 6) is 1.11. The monoisotopic (exact) mass is 394 g/mol. The van der Waals surface area contributed by atoms with E-state index in [1.54, 1.807) is 26.3 Å². The van der Waals surface area contributed by atoms with E-state index in [0.29, 0.717) is 26.2 Å². The van der Waals surface area contributed by atoms with E-state index in [2.05, 4.69) is 10.2 Å². The number of carbonyl (C=O) groups is 1. The topological polar surface area (TPSA) is 78.0 Å². The number of piperidine rings is 1. The van der Waals surface area contributed by atoms with Gasteiger partial charge in [-0.2, -0.15) is 10.2 Å². The summed E-state index contributed by atoms with van der Waals surface area (Å²) in [5, 5.41) is 8.78. The third-order valence-corrected chi connectivity index (χ3v) is 5.51. The number of likely N-dealkylation sites (tertiary alicyclic amines) is 1. The minimum absolute atomic E-state index is 0.0662. The SMILES string of the molecule is CCn1c(C2CCN(C(=O)Cn3cccn3)CC2)nn(Cc2ccccc2)c1=O. The predicted molar refractivity (Wildman–Crippen MR) is 108 cm³/mol. The van der Waals surface area contributed by atoms with E-state index in [1.165, 1.54) is 0 Å². The zero-order chi connectivity index (χ0) is 20.2. The van der Waals surface area contributed by atoms with E-state index in [9.17, 15) is 9.59 Å². The molecule has 1 amide bonds. The third-order valence-electron chi connectivity index (χ3n) is 5.51. The van der Waals surface area contributed by atoms with Gasteiger partial charge in [-0.25, -0.2) is 9.48 Å². The van der Waals surface area contributed by atoms with Gasteiger partial charge in [0.2, 0.25) is 5.91 Å². The van der Waals surface area contributed by atoms with Crippen molar-refractivity contribution in [2.75, 3.05) is 13.1 Å². The molecule has 3 aromatic rings. The van der Waals surface area contributed by atoms with Crippen LogP contribution in [0.2, 0.25) is 0 Å². The maximum absolute atomic E-state index is 12.8. The molecule has 8 heteroatoms. The number of benzene rings is 1. The molecule has 2 aromatic heterocycles. The van der Waals surface area contributed by atoms with Gasteiger partial charge in [0.25, 0.3) is 0 Å². The Bertz CT molecular complexity index is 998. The van der Waals surface area contributed by atoms with Gasteiger partial charge < -0.3 is 4.90 Å². The van der Waals surface area contributed by atoms with Crippen molar-refractivity contribution in [1.82, 2.24) is 29.0 Å². The first-order valence-corrected chi connectivity index (χ1v) is 10.1. The lowest BCUT2D eigenvalue weighted by atomic mass is 9.96. The zero-order valence-corrected chi connectivity index (χ0v) is 16.6. The highest BCUT2D eigenvalue weighted by molar-refractivity contribution is 5.76. The molecule has 0 radical (unpaired) electrons. The molecule has 8 nitrogen and oxygen atoms in total. The normalized spacial score (nSPS) is 15.0. The van der Waals surface area contributed by atoms with Crippen molar-refractivity contribution < 1.29 is 4.79 Å². The summed E-state index contributed by atoms with van der Waals surface area (Å²) in [6.07, 6.45) is 5.10. The number of hydrogen-bond donors (Lipinski definition) is 0. The van der Waals surface area contributed by atoms with Crippen molar-refractivity contribution in [3.05, 3.63) is 70.7 Å². The molecule has 0 bridgehead atoms. The molecule has 0 saturated carbocycles. The average Bonchev–Trinajstić information content (AvgIpc) is 3.37. The number of amides is 1. The fourth-order valence-electron chi connectivity index (χ4n) is 3.94. The predicted octanol–water partition coefficient (Wildman–Crippen LogP) is 1.72. The van der Waals surface area contributed by atoms with Gasteiger partial charge in [-0.1, -0.05) is 30.3 Å². The summed E-state index contributed by atoms with van der Waals surface area (Å²) in [6.45, 7) is 4.66. The summed E-state index contributed by atoms with van der Waals surface area (Å²) in [4.78, 5) is 27.2. The first-order valence-electron chi connectivity index (χ1n) is 10.1. The van der Waals surface area contributed by atoms with Crippen molar-refractivity contribution >= 4 is 5.91 Å². The Kier molecular flexibility index (Phi) is 5.59. The van der Waals surface area contributed by atoms with Gasteiger partial charge in [0.1, 0.15) is 12.4 Å². The summed E-state index contributed by atoms with van der Waals surface area (Å²) < 4.78 is 4.98. The van der Waals surface area contributed by atoms with Crippen LogP contribution in [0.1, 0.15) is 37.1 Å². The third kappa shape index (κ3) is 4.16. The van der Waals surface area contributed by atoms with Gasteiger partial charge in [0.05, 0.1) is 6.54 Å². The Hall–Kier alpha value is -3.16. The Morgan fingerprint density at radius 3 is 2.55 bits per heavy atom. The number of aromatic nitrogens is 5. The molecule has 152 valence electrons. The van der Waals surface area contributed by atoms with Crippen molar-refractivity contribution in [3.63, 3.8) is 0 Å². The number of hydrogen-bond acceptors (Lipinski definition) is 4. The molecule has 0 atom stereocenters. The van der Waals surface area contributed by atoms with Gasteiger partial charge in [-0.15, -0.1) is 0 Å². The molecule has 1 aliphatic rings. The first-order chi connectivity index (χ1) is 14.2. The minimum atomic E-state index is -0.0662. The van der Waals surface area contributed by atoms with Crippen LogP contribution in [-0.4, -0.2) is 48.0 Å². The molecular weight excluding hydrogens is 368 g/mol. The van der Waals surface area contributed by atoms with Crippen LogP contribution in [0.25, 0.3) is 0 Å². The quantitative estimate of drug-likeness (QED) is 0.638. The van der Waals surface area contributed by atoms with Crippen molar-refractivity contribution in [1.29, 1.82) is 0 Å². The van der Waals surface area contributed by atoms with Crippen LogP contribution in [0.4, 0.5) is 0 Å². The van der Waals surface area contributed by atoms with Crippen LogP contribution in [0.3, 0.4) is 0 Å². The Morgan fingerprint density at radius 1 is 1.14 bits per heavy atom. The molecule has 0 unspecified atom stereocenters. The lowest BCUT2D eigenvalue weighted by Crippen LogP contribution is -2.40. The average molecular weight is 394 g/mol. The summed E-state index contributed by atoms with van der Waals surface area (Å²) in [7, 11) is 0. The lowest BCUT2D eigenvalue weighted by molar-refractivity contribution is -0.133. The summed E-state index contributed by atoms with van der Waals surface area (Å²) >= 11 is 0. The highest BCUT2D eigenvalue weighted by atomic mass is 16.2. The van der Waals surface area contributed by atoms with E-state index >= 15 is 0 Å². The Balaban J connectivity index is 1.44. The minimum Gasteiger partial charge on any atom is -0.341 e. The van der Waals surface area contributed by atoms with Gasteiger partial charge in [0, 0.05) is 37.9 Å². The number of rotatable bonds is 6. The molecule has 0 aliphatic carbocycles. The van der Waals surface area contributed by atoms with Crippen LogP contribution in [-0.2, 0) is 24.4 Å². The van der Waals surface area contributed by atoms with Gasteiger partial charge in [-0.05, 0) is 31.4 Å². The summed E-state index contributed by atoms with van der Waals surface area (Å²) in [5.41, 5.74) is 0.990. The van der Waals surface area contributed by atoms with E-state index in [1.807, 2.05) is 48.2 Å². The van der Waals surface area contributed by atoms with Crippen molar-refractivity contribution in [2.45, 2.75) is 45.3 Å². The van der Waals surface area contributed by atoms with E-state index in [-0.39, 0.29) is 24.1 Å². The highest BCUT2D eigenvalue weighted by Crippen LogP contribution is 2.26. The highest BCUT2D eigenvalue weighted by Gasteiger charge is 2.28. The standard InChI is InChI=1S/C21H26N6O2/c1-2-26-20(23-27(21(26)29)15-17-7-4-3-5-8-17)18-9-13-24(14-10-18)19(28)16-25-12-6-11-22-25/h3-8,11-12,18H,2,9-10,13-16H2,1H3. The Morgan fingerprint density at radius 2 is 1.90 bits per heavy atom. The van der Waals surface area contributed by atoms with E-state index in [0.717, 1.165) is 24.2 Å². The molecule has 0 N–H and O–H groups in total. The summed E-state index contributed by atoms with van der Waals surface area (Å²) in [6, 6.07) is 11.7. The Labute approximate surface area is 169 Å². The van der Waals surface area contributed by atoms with Gasteiger partial charge in [0.15, 0.2) is 0 Å². The first kappa shape index (κ1) is 19.2. The number of nitrogens with zero attached hydrogens (tertiary/aromatic N) is 6. The second kappa shape index (κ2) is 8.46. The van der Waals surface area contributed by atoms with Gasteiger partial charge >= 0.3 is 5.69 Å².